The van der Waals surface area contributed by atoms with Crippen molar-refractivity contribution in [3.05, 3.63) is 0 Å². The summed E-state index contributed by atoms with van der Waals surface area (Å²) in [6.07, 6.45) is 5.22. The third-order valence-electron chi connectivity index (χ3n) is 5.54. The van der Waals surface area contributed by atoms with Gasteiger partial charge < -0.3 is 15.5 Å². The van der Waals surface area contributed by atoms with Crippen LogP contribution in [0.25, 0.3) is 0 Å². The Morgan fingerprint density at radius 2 is 1.79 bits per heavy atom. The second kappa shape index (κ2) is 6.55. The molecule has 19 heavy (non-hydrogen) atoms. The standard InChI is InChI=1S/C16H33N3/c1-12-9-13(2)15(16(17)10-12)11-19(4)14-5-7-18(3)8-6-14/h12-16H,5-11,17H2,1-4H3. The highest BCUT2D eigenvalue weighted by Gasteiger charge is 2.33. The monoisotopic (exact) mass is 267 g/mol. The molecule has 0 aromatic carbocycles. The SMILES string of the molecule is CC1CC(C)C(CN(C)C2CCN(C)CC2)C(N)C1. The first-order valence-electron chi connectivity index (χ1n) is 8.11. The molecule has 1 saturated carbocycles. The van der Waals surface area contributed by atoms with Gasteiger partial charge in [0.25, 0.3) is 0 Å². The van der Waals surface area contributed by atoms with E-state index in [1.54, 1.807) is 0 Å². The minimum atomic E-state index is 0.410. The van der Waals surface area contributed by atoms with E-state index in [-0.39, 0.29) is 0 Å². The van der Waals surface area contributed by atoms with Crippen LogP contribution in [0.3, 0.4) is 0 Å². The fraction of sp³-hybridized carbons (Fsp3) is 1.00. The summed E-state index contributed by atoms with van der Waals surface area (Å²) in [4.78, 5) is 5.05. The van der Waals surface area contributed by atoms with Crippen molar-refractivity contribution in [2.45, 2.75) is 51.6 Å². The number of nitrogens with two attached hydrogens (primary N) is 1. The molecule has 3 nitrogen and oxygen atoms in total. The summed E-state index contributed by atoms with van der Waals surface area (Å²) >= 11 is 0. The number of hydrogen-bond donors (Lipinski definition) is 1. The smallest absolute Gasteiger partial charge is 0.0117 e. The number of rotatable bonds is 3. The lowest BCUT2D eigenvalue weighted by Crippen LogP contribution is -2.49. The first kappa shape index (κ1) is 15.3. The summed E-state index contributed by atoms with van der Waals surface area (Å²) in [6.45, 7) is 8.45. The maximum atomic E-state index is 6.42. The Labute approximate surface area is 119 Å². The Kier molecular flexibility index (Phi) is 5.27. The normalized spacial score (nSPS) is 38.8. The lowest BCUT2D eigenvalue weighted by Gasteiger charge is -2.42. The van der Waals surface area contributed by atoms with Gasteiger partial charge in [-0.05, 0) is 70.6 Å². The molecule has 1 saturated heterocycles. The molecular formula is C16H33N3. The van der Waals surface area contributed by atoms with Crippen molar-refractivity contribution >= 4 is 0 Å². The fourth-order valence-electron chi connectivity index (χ4n) is 4.20. The van der Waals surface area contributed by atoms with Crippen LogP contribution >= 0.6 is 0 Å². The third kappa shape index (κ3) is 3.93. The molecule has 2 aliphatic rings. The maximum Gasteiger partial charge on any atom is 0.0117 e. The second-order valence-corrected chi connectivity index (χ2v) is 7.36. The Bertz CT molecular complexity index is 261. The van der Waals surface area contributed by atoms with Gasteiger partial charge in [0.15, 0.2) is 0 Å². The maximum absolute atomic E-state index is 6.42. The molecule has 1 heterocycles. The first-order chi connectivity index (χ1) is 8.97. The van der Waals surface area contributed by atoms with E-state index in [1.165, 1.54) is 45.3 Å². The number of likely N-dealkylation sites (tertiary alicyclic amines) is 1. The zero-order chi connectivity index (χ0) is 14.0. The number of piperidine rings is 1. The van der Waals surface area contributed by atoms with Crippen molar-refractivity contribution in [3.8, 4) is 0 Å². The minimum Gasteiger partial charge on any atom is -0.327 e. The van der Waals surface area contributed by atoms with E-state index in [4.69, 9.17) is 5.73 Å². The quantitative estimate of drug-likeness (QED) is 0.849. The van der Waals surface area contributed by atoms with Crippen molar-refractivity contribution in [3.63, 3.8) is 0 Å². The lowest BCUT2D eigenvalue weighted by molar-refractivity contribution is 0.0837. The van der Waals surface area contributed by atoms with Gasteiger partial charge >= 0.3 is 0 Å². The Morgan fingerprint density at radius 3 is 2.37 bits per heavy atom. The van der Waals surface area contributed by atoms with E-state index in [2.05, 4.69) is 37.7 Å². The van der Waals surface area contributed by atoms with Gasteiger partial charge in [-0.15, -0.1) is 0 Å². The molecule has 4 unspecified atom stereocenters. The van der Waals surface area contributed by atoms with Crippen molar-refractivity contribution in [1.29, 1.82) is 0 Å². The number of nitrogens with zero attached hydrogens (tertiary/aromatic N) is 2. The van der Waals surface area contributed by atoms with Crippen molar-refractivity contribution in [1.82, 2.24) is 9.80 Å². The molecule has 0 radical (unpaired) electrons. The van der Waals surface area contributed by atoms with Gasteiger partial charge in [0, 0.05) is 18.6 Å². The Hall–Kier alpha value is -0.120. The van der Waals surface area contributed by atoms with Crippen molar-refractivity contribution < 1.29 is 0 Å². The molecule has 0 aromatic rings. The predicted octanol–water partition coefficient (Wildman–Crippen LogP) is 2.02. The van der Waals surface area contributed by atoms with E-state index in [9.17, 15) is 0 Å². The molecular weight excluding hydrogens is 234 g/mol. The van der Waals surface area contributed by atoms with E-state index in [0.29, 0.717) is 12.0 Å². The average Bonchev–Trinajstić information content (AvgIpc) is 2.34. The molecule has 0 amide bonds. The second-order valence-electron chi connectivity index (χ2n) is 7.36. The molecule has 2 N–H and O–H groups in total. The molecule has 3 heteroatoms. The minimum absolute atomic E-state index is 0.410. The summed E-state index contributed by atoms with van der Waals surface area (Å²) in [6, 6.07) is 1.18. The van der Waals surface area contributed by atoms with Crippen molar-refractivity contribution in [2.24, 2.45) is 23.5 Å². The average molecular weight is 267 g/mol. The zero-order valence-electron chi connectivity index (χ0n) is 13.3. The molecule has 0 spiro atoms. The predicted molar refractivity (Wildman–Crippen MR) is 82.2 cm³/mol. The van der Waals surface area contributed by atoms with Crippen LogP contribution in [0, 0.1) is 17.8 Å². The Morgan fingerprint density at radius 1 is 1.16 bits per heavy atom. The zero-order valence-corrected chi connectivity index (χ0v) is 13.3. The highest BCUT2D eigenvalue weighted by molar-refractivity contribution is 4.88. The van der Waals surface area contributed by atoms with Crippen LogP contribution < -0.4 is 5.73 Å². The molecule has 0 aromatic heterocycles. The molecule has 0 bridgehead atoms. The van der Waals surface area contributed by atoms with Crippen molar-refractivity contribution in [2.75, 3.05) is 33.7 Å². The van der Waals surface area contributed by atoms with Crippen LogP contribution in [-0.4, -0.2) is 55.6 Å². The lowest BCUT2D eigenvalue weighted by atomic mass is 9.72. The van der Waals surface area contributed by atoms with Gasteiger partial charge in [-0.3, -0.25) is 0 Å². The topological polar surface area (TPSA) is 32.5 Å². The van der Waals surface area contributed by atoms with Gasteiger partial charge in [0.1, 0.15) is 0 Å². The van der Waals surface area contributed by atoms with Crippen LogP contribution in [-0.2, 0) is 0 Å². The third-order valence-corrected chi connectivity index (χ3v) is 5.54. The van der Waals surface area contributed by atoms with E-state index >= 15 is 0 Å². The van der Waals surface area contributed by atoms with Crippen LogP contribution in [0.15, 0.2) is 0 Å². The summed E-state index contributed by atoms with van der Waals surface area (Å²) in [5.41, 5.74) is 6.42. The molecule has 2 fully saturated rings. The van der Waals surface area contributed by atoms with Crippen LogP contribution in [0.2, 0.25) is 0 Å². The van der Waals surface area contributed by atoms with Gasteiger partial charge in [-0.2, -0.15) is 0 Å². The van der Waals surface area contributed by atoms with Crippen LogP contribution in [0.5, 0.6) is 0 Å². The van der Waals surface area contributed by atoms with Gasteiger partial charge in [0.2, 0.25) is 0 Å². The molecule has 4 atom stereocenters. The first-order valence-corrected chi connectivity index (χ1v) is 8.11. The molecule has 1 aliphatic carbocycles. The van der Waals surface area contributed by atoms with E-state index in [0.717, 1.165) is 17.9 Å². The molecule has 2 rings (SSSR count). The van der Waals surface area contributed by atoms with Crippen LogP contribution in [0.1, 0.15) is 39.5 Å². The summed E-state index contributed by atoms with van der Waals surface area (Å²) in [7, 11) is 4.55. The number of hydrogen-bond acceptors (Lipinski definition) is 3. The largest absolute Gasteiger partial charge is 0.327 e. The molecule has 112 valence electrons. The van der Waals surface area contributed by atoms with Crippen LogP contribution in [0.4, 0.5) is 0 Å². The van der Waals surface area contributed by atoms with E-state index < -0.39 is 0 Å². The summed E-state index contributed by atoms with van der Waals surface area (Å²) in [5, 5.41) is 0. The fourth-order valence-corrected chi connectivity index (χ4v) is 4.20. The molecule has 1 aliphatic heterocycles. The van der Waals surface area contributed by atoms with Gasteiger partial charge in [-0.1, -0.05) is 13.8 Å². The van der Waals surface area contributed by atoms with E-state index in [1.807, 2.05) is 0 Å². The summed E-state index contributed by atoms with van der Waals surface area (Å²) in [5.74, 6) is 2.29. The van der Waals surface area contributed by atoms with Gasteiger partial charge in [0.05, 0.1) is 0 Å². The summed E-state index contributed by atoms with van der Waals surface area (Å²) < 4.78 is 0. The van der Waals surface area contributed by atoms with Gasteiger partial charge in [-0.25, -0.2) is 0 Å². The highest BCUT2D eigenvalue weighted by Crippen LogP contribution is 2.33. The highest BCUT2D eigenvalue weighted by atomic mass is 15.2. The Balaban J connectivity index is 1.85.